The lowest BCUT2D eigenvalue weighted by Crippen LogP contribution is -2.31. The zero-order valence-corrected chi connectivity index (χ0v) is 15.9. The molecule has 0 fully saturated rings. The van der Waals surface area contributed by atoms with Crippen molar-refractivity contribution in [3.63, 3.8) is 0 Å². The molecule has 1 N–H and O–H groups in total. The second kappa shape index (κ2) is 7.23. The maximum atomic E-state index is 12.8. The minimum Gasteiger partial charge on any atom is -0.459 e. The molecule has 6 heteroatoms. The fourth-order valence-corrected chi connectivity index (χ4v) is 3.02. The van der Waals surface area contributed by atoms with E-state index in [1.165, 1.54) is 10.6 Å². The molecule has 1 aromatic carbocycles. The number of nitrogens with zero attached hydrogens (tertiary/aromatic N) is 2. The van der Waals surface area contributed by atoms with Crippen LogP contribution in [-0.4, -0.2) is 21.2 Å². The van der Waals surface area contributed by atoms with Gasteiger partial charge in [-0.2, -0.15) is 0 Å². The Morgan fingerprint density at radius 2 is 1.85 bits per heavy atom. The van der Waals surface area contributed by atoms with Gasteiger partial charge in [0.05, 0.1) is 17.0 Å². The van der Waals surface area contributed by atoms with Crippen LogP contribution in [0.5, 0.6) is 0 Å². The topological polar surface area (TPSA) is 77.1 Å². The molecule has 3 rings (SSSR count). The van der Waals surface area contributed by atoms with Crippen LogP contribution < -0.4 is 11.0 Å². The van der Waals surface area contributed by atoms with Crippen molar-refractivity contribution in [2.45, 2.75) is 33.4 Å². The summed E-state index contributed by atoms with van der Waals surface area (Å²) in [5, 5.41) is 8.99. The van der Waals surface area contributed by atoms with E-state index in [4.69, 9.17) is 10.1 Å². The zero-order valence-electron chi connectivity index (χ0n) is 15.9. The van der Waals surface area contributed by atoms with Crippen molar-refractivity contribution >= 4 is 16.9 Å². The van der Waals surface area contributed by atoms with Crippen LogP contribution in [0.3, 0.4) is 0 Å². The van der Waals surface area contributed by atoms with Gasteiger partial charge in [0.1, 0.15) is 11.1 Å². The fourth-order valence-electron chi connectivity index (χ4n) is 3.02. The van der Waals surface area contributed by atoms with Crippen LogP contribution in [0, 0.1) is 12.3 Å². The summed E-state index contributed by atoms with van der Waals surface area (Å²) in [4.78, 5) is 25.3. The lowest BCUT2D eigenvalue weighted by atomic mass is 10.1. The summed E-state index contributed by atoms with van der Waals surface area (Å²) in [6, 6.07) is 13.0. The summed E-state index contributed by atoms with van der Waals surface area (Å²) >= 11 is 0. The molecule has 3 aromatic rings. The first-order valence-electron chi connectivity index (χ1n) is 8.83. The quantitative estimate of drug-likeness (QED) is 0.722. The number of carbonyl (C=O) groups is 1. The molecule has 2 aromatic heterocycles. The van der Waals surface area contributed by atoms with Crippen molar-refractivity contribution in [2.75, 3.05) is 0 Å². The molecule has 140 valence electrons. The smallest absolute Gasteiger partial charge is 0.342 e. The van der Waals surface area contributed by atoms with Gasteiger partial charge in [-0.05, 0) is 38.5 Å². The van der Waals surface area contributed by atoms with Crippen molar-refractivity contribution in [3.05, 3.63) is 75.1 Å². The molecule has 27 heavy (non-hydrogen) atoms. The van der Waals surface area contributed by atoms with Gasteiger partial charge in [0, 0.05) is 19.3 Å². The predicted octanol–water partition coefficient (Wildman–Crippen LogP) is 2.74. The SMILES string of the molecule is Cc1cc2c(cc(C(=O)OC(C)C)c(=N)n2Cc2ccccc2)c(=O)n1C. The number of esters is 1. The average molecular weight is 365 g/mol. The summed E-state index contributed by atoms with van der Waals surface area (Å²) in [5.41, 5.74) is 2.31. The molecule has 0 aliphatic rings. The molecule has 0 saturated heterocycles. The first-order valence-corrected chi connectivity index (χ1v) is 8.83. The Kier molecular flexibility index (Phi) is 4.99. The van der Waals surface area contributed by atoms with E-state index in [1.807, 2.05) is 43.3 Å². The van der Waals surface area contributed by atoms with E-state index in [-0.39, 0.29) is 22.7 Å². The highest BCUT2D eigenvalue weighted by Gasteiger charge is 2.18. The van der Waals surface area contributed by atoms with Gasteiger partial charge in [-0.3, -0.25) is 10.2 Å². The number of hydrogen-bond donors (Lipinski definition) is 1. The zero-order chi connectivity index (χ0) is 19.7. The van der Waals surface area contributed by atoms with Gasteiger partial charge in [0.15, 0.2) is 0 Å². The Morgan fingerprint density at radius 3 is 2.48 bits per heavy atom. The van der Waals surface area contributed by atoms with Crippen LogP contribution >= 0.6 is 0 Å². The molecule has 2 heterocycles. The van der Waals surface area contributed by atoms with E-state index in [9.17, 15) is 9.59 Å². The van der Waals surface area contributed by atoms with Crippen molar-refractivity contribution in [1.82, 2.24) is 9.13 Å². The van der Waals surface area contributed by atoms with Gasteiger partial charge in [-0.25, -0.2) is 4.79 Å². The standard InChI is InChI=1S/C21H23N3O3/c1-13(2)27-21(26)17-11-16-18(10-14(3)23(4)20(16)25)24(19(17)22)12-15-8-6-5-7-9-15/h5-11,13,22H,12H2,1-4H3. The Bertz CT molecular complexity index is 1130. The monoisotopic (exact) mass is 365 g/mol. The molecule has 0 atom stereocenters. The Hall–Kier alpha value is -3.15. The summed E-state index contributed by atoms with van der Waals surface area (Å²) in [7, 11) is 1.69. The number of aryl methyl sites for hydroxylation is 1. The third-order valence-corrected chi connectivity index (χ3v) is 4.54. The summed E-state index contributed by atoms with van der Waals surface area (Å²) in [6.07, 6.45) is -0.309. The number of pyridine rings is 2. The van der Waals surface area contributed by atoms with Gasteiger partial charge < -0.3 is 13.9 Å². The van der Waals surface area contributed by atoms with Gasteiger partial charge in [0.2, 0.25) is 0 Å². The summed E-state index contributed by atoms with van der Waals surface area (Å²) in [6.45, 7) is 5.73. The van der Waals surface area contributed by atoms with Crippen molar-refractivity contribution in [1.29, 1.82) is 5.41 Å². The first-order chi connectivity index (χ1) is 12.8. The Morgan fingerprint density at radius 1 is 1.19 bits per heavy atom. The van der Waals surface area contributed by atoms with E-state index >= 15 is 0 Å². The first kappa shape index (κ1) is 18.6. The number of carbonyl (C=O) groups excluding carboxylic acids is 1. The van der Waals surface area contributed by atoms with Crippen LogP contribution in [0.25, 0.3) is 10.9 Å². The lowest BCUT2D eigenvalue weighted by molar-refractivity contribution is 0.0374. The largest absolute Gasteiger partial charge is 0.459 e. The van der Waals surface area contributed by atoms with Gasteiger partial charge in [-0.15, -0.1) is 0 Å². The normalized spacial score (nSPS) is 11.1. The van der Waals surface area contributed by atoms with E-state index in [0.29, 0.717) is 17.4 Å². The van der Waals surface area contributed by atoms with Gasteiger partial charge in [0.25, 0.3) is 5.56 Å². The molecule has 0 radical (unpaired) electrons. The number of fused-ring (bicyclic) bond motifs is 1. The summed E-state index contributed by atoms with van der Waals surface area (Å²) in [5.74, 6) is -0.596. The molecule has 0 unspecified atom stereocenters. The molecule has 0 aliphatic heterocycles. The van der Waals surface area contributed by atoms with Crippen molar-refractivity contribution in [3.8, 4) is 0 Å². The molecular weight excluding hydrogens is 342 g/mol. The minimum absolute atomic E-state index is 0.0321. The summed E-state index contributed by atoms with van der Waals surface area (Å²) < 4.78 is 8.51. The highest BCUT2D eigenvalue weighted by atomic mass is 16.5. The number of rotatable bonds is 4. The Labute approximate surface area is 157 Å². The second-order valence-electron chi connectivity index (χ2n) is 6.88. The van der Waals surface area contributed by atoms with Crippen LogP contribution in [0.2, 0.25) is 0 Å². The van der Waals surface area contributed by atoms with Crippen LogP contribution in [-0.2, 0) is 18.3 Å². The number of aromatic nitrogens is 2. The molecular formula is C21H23N3O3. The third kappa shape index (κ3) is 3.56. The van der Waals surface area contributed by atoms with Crippen molar-refractivity contribution < 1.29 is 9.53 Å². The number of benzene rings is 1. The van der Waals surface area contributed by atoms with E-state index in [1.54, 1.807) is 25.5 Å². The van der Waals surface area contributed by atoms with Gasteiger partial charge in [-0.1, -0.05) is 30.3 Å². The second-order valence-corrected chi connectivity index (χ2v) is 6.88. The van der Waals surface area contributed by atoms with E-state index in [0.717, 1.165) is 11.3 Å². The third-order valence-electron chi connectivity index (χ3n) is 4.54. The van der Waals surface area contributed by atoms with Crippen LogP contribution in [0.1, 0.15) is 35.5 Å². The number of ether oxygens (including phenoxy) is 1. The maximum absolute atomic E-state index is 12.8. The molecule has 6 nitrogen and oxygen atoms in total. The van der Waals surface area contributed by atoms with Crippen molar-refractivity contribution in [2.24, 2.45) is 7.05 Å². The maximum Gasteiger partial charge on any atom is 0.342 e. The van der Waals surface area contributed by atoms with E-state index < -0.39 is 5.97 Å². The van der Waals surface area contributed by atoms with Crippen LogP contribution in [0.15, 0.2) is 47.3 Å². The molecule has 0 bridgehead atoms. The number of nitrogens with one attached hydrogen (secondary N) is 1. The van der Waals surface area contributed by atoms with Crippen LogP contribution in [0.4, 0.5) is 0 Å². The number of hydrogen-bond acceptors (Lipinski definition) is 4. The molecule has 0 amide bonds. The average Bonchev–Trinajstić information content (AvgIpc) is 2.62. The fraction of sp³-hybridized carbons (Fsp3) is 0.286. The van der Waals surface area contributed by atoms with E-state index in [2.05, 4.69) is 0 Å². The highest BCUT2D eigenvalue weighted by molar-refractivity contribution is 5.93. The van der Waals surface area contributed by atoms with Gasteiger partial charge >= 0.3 is 5.97 Å². The molecule has 0 spiro atoms. The predicted molar refractivity (Wildman–Crippen MR) is 104 cm³/mol. The molecule has 0 aliphatic carbocycles. The Balaban J connectivity index is 2.33. The molecule has 0 saturated carbocycles. The minimum atomic E-state index is -0.596. The highest BCUT2D eigenvalue weighted by Crippen LogP contribution is 2.15. The lowest BCUT2D eigenvalue weighted by Gasteiger charge is -2.17.